The summed E-state index contributed by atoms with van der Waals surface area (Å²) < 4.78 is 10.4. The fraction of sp³-hybridized carbons (Fsp3) is 0.143. The minimum Gasteiger partial charge on any atom is -0.497 e. The lowest BCUT2D eigenvalue weighted by Crippen LogP contribution is -1.98. The van der Waals surface area contributed by atoms with Crippen molar-refractivity contribution < 1.29 is 19.4 Å². The molecule has 0 amide bonds. The highest BCUT2D eigenvalue weighted by atomic mass is 16.5. The predicted octanol–water partition coefficient (Wildman–Crippen LogP) is 2.46. The molecule has 5 heteroatoms. The van der Waals surface area contributed by atoms with Crippen LogP contribution in [0.4, 0.5) is 0 Å². The highest BCUT2D eigenvalue weighted by Crippen LogP contribution is 2.32. The Labute approximate surface area is 110 Å². The number of rotatable bonds is 4. The predicted molar refractivity (Wildman–Crippen MR) is 69.7 cm³/mol. The van der Waals surface area contributed by atoms with Crippen molar-refractivity contribution in [3.8, 4) is 22.8 Å². The molecular formula is C14H13NO4. The fourth-order valence-corrected chi connectivity index (χ4v) is 1.72. The number of methoxy groups -OCH3 is 2. The maximum atomic E-state index is 11.0. The van der Waals surface area contributed by atoms with Gasteiger partial charge in [0.2, 0.25) is 0 Å². The molecule has 2 rings (SSSR count). The number of aromatic carboxylic acids is 1. The van der Waals surface area contributed by atoms with Crippen molar-refractivity contribution in [3.63, 3.8) is 0 Å². The van der Waals surface area contributed by atoms with Gasteiger partial charge in [0.15, 0.2) is 0 Å². The summed E-state index contributed by atoms with van der Waals surface area (Å²) in [6.45, 7) is 0. The highest BCUT2D eigenvalue weighted by molar-refractivity contribution is 5.89. The average Bonchev–Trinajstić information content (AvgIpc) is 2.46. The summed E-state index contributed by atoms with van der Waals surface area (Å²) in [7, 11) is 3.11. The molecule has 0 fully saturated rings. The molecule has 2 aromatic rings. The summed E-state index contributed by atoms with van der Waals surface area (Å²) >= 11 is 0. The largest absolute Gasteiger partial charge is 0.497 e. The summed E-state index contributed by atoms with van der Waals surface area (Å²) in [5, 5.41) is 8.99. The Morgan fingerprint density at radius 2 is 1.95 bits per heavy atom. The molecule has 0 aliphatic heterocycles. The van der Waals surface area contributed by atoms with Crippen LogP contribution in [0.5, 0.6) is 11.5 Å². The minimum atomic E-state index is -0.990. The number of aromatic nitrogens is 1. The molecule has 98 valence electrons. The summed E-state index contributed by atoms with van der Waals surface area (Å²) in [4.78, 5) is 15.1. The van der Waals surface area contributed by atoms with Crippen LogP contribution in [-0.2, 0) is 0 Å². The normalized spacial score (nSPS) is 10.0. The molecule has 5 nitrogen and oxygen atoms in total. The summed E-state index contributed by atoms with van der Waals surface area (Å²) in [6.07, 6.45) is 1.46. The zero-order valence-corrected chi connectivity index (χ0v) is 10.6. The van der Waals surface area contributed by atoms with Gasteiger partial charge in [0.05, 0.1) is 25.5 Å². The van der Waals surface area contributed by atoms with Gasteiger partial charge in [-0.2, -0.15) is 0 Å². The Balaban J connectivity index is 2.52. The smallest absolute Gasteiger partial charge is 0.335 e. The minimum absolute atomic E-state index is 0.183. The molecule has 19 heavy (non-hydrogen) atoms. The number of carboxylic acid groups (broad SMARTS) is 1. The number of ether oxygens (including phenoxy) is 2. The van der Waals surface area contributed by atoms with Crippen molar-refractivity contribution in [2.75, 3.05) is 14.2 Å². The summed E-state index contributed by atoms with van der Waals surface area (Å²) in [5.74, 6) is 0.250. The van der Waals surface area contributed by atoms with Gasteiger partial charge in [-0.3, -0.25) is 4.98 Å². The van der Waals surface area contributed by atoms with Crippen molar-refractivity contribution in [2.24, 2.45) is 0 Å². The van der Waals surface area contributed by atoms with Gasteiger partial charge in [-0.1, -0.05) is 0 Å². The van der Waals surface area contributed by atoms with Crippen molar-refractivity contribution in [1.82, 2.24) is 4.98 Å². The SMILES string of the molecule is COc1ccc(-c2cc(C(=O)O)ccn2)c(OC)c1. The number of nitrogens with zero attached hydrogens (tertiary/aromatic N) is 1. The molecule has 0 aliphatic carbocycles. The first-order valence-electron chi connectivity index (χ1n) is 5.57. The number of hydrogen-bond acceptors (Lipinski definition) is 4. The maximum Gasteiger partial charge on any atom is 0.335 e. The van der Waals surface area contributed by atoms with Crippen LogP contribution in [0.15, 0.2) is 36.5 Å². The third-order valence-corrected chi connectivity index (χ3v) is 2.69. The van der Waals surface area contributed by atoms with Gasteiger partial charge in [0.1, 0.15) is 11.5 Å². The van der Waals surface area contributed by atoms with E-state index in [0.29, 0.717) is 22.8 Å². The first-order valence-corrected chi connectivity index (χ1v) is 5.57. The van der Waals surface area contributed by atoms with E-state index in [9.17, 15) is 4.79 Å². The standard InChI is InChI=1S/C14H13NO4/c1-18-10-3-4-11(13(8-10)19-2)12-7-9(14(16)17)5-6-15-12/h3-8H,1-2H3,(H,16,17). The van der Waals surface area contributed by atoms with E-state index in [1.165, 1.54) is 18.3 Å². The van der Waals surface area contributed by atoms with E-state index < -0.39 is 5.97 Å². The second-order valence-electron chi connectivity index (χ2n) is 3.80. The lowest BCUT2D eigenvalue weighted by Gasteiger charge is -2.10. The average molecular weight is 259 g/mol. The summed E-state index contributed by atoms with van der Waals surface area (Å²) in [6, 6.07) is 8.23. The van der Waals surface area contributed by atoms with Crippen LogP contribution in [0.25, 0.3) is 11.3 Å². The van der Waals surface area contributed by atoms with Crippen LogP contribution in [-0.4, -0.2) is 30.3 Å². The molecule has 0 atom stereocenters. The van der Waals surface area contributed by atoms with Crippen molar-refractivity contribution in [2.45, 2.75) is 0 Å². The van der Waals surface area contributed by atoms with E-state index in [1.807, 2.05) is 0 Å². The van der Waals surface area contributed by atoms with Gasteiger partial charge in [0.25, 0.3) is 0 Å². The van der Waals surface area contributed by atoms with Gasteiger partial charge in [-0.25, -0.2) is 4.79 Å². The van der Waals surface area contributed by atoms with E-state index in [4.69, 9.17) is 14.6 Å². The molecule has 0 saturated heterocycles. The Morgan fingerprint density at radius 3 is 2.58 bits per heavy atom. The molecule has 1 aromatic heterocycles. The van der Waals surface area contributed by atoms with Crippen LogP contribution < -0.4 is 9.47 Å². The molecule has 1 heterocycles. The van der Waals surface area contributed by atoms with Crippen LogP contribution in [0.2, 0.25) is 0 Å². The quantitative estimate of drug-likeness (QED) is 0.913. The lowest BCUT2D eigenvalue weighted by atomic mass is 10.1. The molecule has 1 N–H and O–H groups in total. The zero-order chi connectivity index (χ0) is 13.8. The Hall–Kier alpha value is -2.56. The van der Waals surface area contributed by atoms with Gasteiger partial charge < -0.3 is 14.6 Å². The molecule has 0 bridgehead atoms. The highest BCUT2D eigenvalue weighted by Gasteiger charge is 2.11. The maximum absolute atomic E-state index is 11.0. The van der Waals surface area contributed by atoms with E-state index in [-0.39, 0.29) is 5.56 Å². The molecule has 0 aliphatic rings. The van der Waals surface area contributed by atoms with Gasteiger partial charge in [-0.15, -0.1) is 0 Å². The Kier molecular flexibility index (Phi) is 3.66. The molecule has 0 radical (unpaired) electrons. The first kappa shape index (κ1) is 12.9. The van der Waals surface area contributed by atoms with Crippen molar-refractivity contribution >= 4 is 5.97 Å². The molecular weight excluding hydrogens is 246 g/mol. The van der Waals surface area contributed by atoms with E-state index in [2.05, 4.69) is 4.98 Å². The lowest BCUT2D eigenvalue weighted by molar-refractivity contribution is 0.0697. The van der Waals surface area contributed by atoms with E-state index >= 15 is 0 Å². The van der Waals surface area contributed by atoms with E-state index in [1.54, 1.807) is 32.4 Å². The molecule has 0 saturated carbocycles. The second kappa shape index (κ2) is 5.39. The monoisotopic (exact) mass is 259 g/mol. The first-order chi connectivity index (χ1) is 9.15. The van der Waals surface area contributed by atoms with Gasteiger partial charge in [0, 0.05) is 17.8 Å². The summed E-state index contributed by atoms with van der Waals surface area (Å²) in [5.41, 5.74) is 1.44. The van der Waals surface area contributed by atoms with Gasteiger partial charge >= 0.3 is 5.97 Å². The fourth-order valence-electron chi connectivity index (χ4n) is 1.72. The van der Waals surface area contributed by atoms with Crippen molar-refractivity contribution in [1.29, 1.82) is 0 Å². The number of hydrogen-bond donors (Lipinski definition) is 1. The van der Waals surface area contributed by atoms with Gasteiger partial charge in [-0.05, 0) is 24.3 Å². The van der Waals surface area contributed by atoms with Crippen LogP contribution >= 0.6 is 0 Å². The Morgan fingerprint density at radius 1 is 1.16 bits per heavy atom. The van der Waals surface area contributed by atoms with E-state index in [0.717, 1.165) is 0 Å². The number of pyridine rings is 1. The third-order valence-electron chi connectivity index (χ3n) is 2.69. The third kappa shape index (κ3) is 2.65. The van der Waals surface area contributed by atoms with Crippen molar-refractivity contribution in [3.05, 3.63) is 42.1 Å². The van der Waals surface area contributed by atoms with Crippen LogP contribution in [0.1, 0.15) is 10.4 Å². The topological polar surface area (TPSA) is 68.7 Å². The van der Waals surface area contributed by atoms with Crippen LogP contribution in [0.3, 0.4) is 0 Å². The van der Waals surface area contributed by atoms with Crippen LogP contribution in [0, 0.1) is 0 Å². The molecule has 1 aromatic carbocycles. The molecule has 0 spiro atoms. The molecule has 0 unspecified atom stereocenters. The Bertz CT molecular complexity index is 610. The zero-order valence-electron chi connectivity index (χ0n) is 10.6. The number of carboxylic acids is 1. The number of carbonyl (C=O) groups is 1. The number of benzene rings is 1. The second-order valence-corrected chi connectivity index (χ2v) is 3.80.